The maximum absolute atomic E-state index is 11.8. The Bertz CT molecular complexity index is 537. The van der Waals surface area contributed by atoms with Crippen LogP contribution < -0.4 is 10.2 Å². The van der Waals surface area contributed by atoms with Gasteiger partial charge in [-0.15, -0.1) is 0 Å². The molecule has 0 bridgehead atoms. The molecule has 0 atom stereocenters. The van der Waals surface area contributed by atoms with Gasteiger partial charge < -0.3 is 10.2 Å². The molecule has 0 spiro atoms. The van der Waals surface area contributed by atoms with Crippen LogP contribution in [0, 0.1) is 0 Å². The lowest BCUT2D eigenvalue weighted by molar-refractivity contribution is 0.246. The molecule has 21 heavy (non-hydrogen) atoms. The van der Waals surface area contributed by atoms with Crippen molar-refractivity contribution < 1.29 is 8.42 Å². The molecule has 0 unspecified atom stereocenters. The van der Waals surface area contributed by atoms with Gasteiger partial charge in [0.25, 0.3) is 0 Å². The van der Waals surface area contributed by atoms with Gasteiger partial charge in [0.05, 0.1) is 10.6 Å². The highest BCUT2D eigenvalue weighted by molar-refractivity contribution is 7.91. The third-order valence-corrected chi connectivity index (χ3v) is 5.73. The number of nitrogens with one attached hydrogen (secondary N) is 1. The van der Waals surface area contributed by atoms with Crippen LogP contribution in [0.3, 0.4) is 0 Å². The van der Waals surface area contributed by atoms with Crippen molar-refractivity contribution >= 4 is 15.5 Å². The van der Waals surface area contributed by atoms with Crippen LogP contribution in [0.1, 0.15) is 6.92 Å². The molecule has 118 valence electrons. The molecule has 1 saturated heterocycles. The summed E-state index contributed by atoms with van der Waals surface area (Å²) < 4.78 is 23.6. The molecule has 5 nitrogen and oxygen atoms in total. The van der Waals surface area contributed by atoms with Crippen LogP contribution in [0.2, 0.25) is 0 Å². The minimum absolute atomic E-state index is 0.144. The molecular weight excluding hydrogens is 286 g/mol. The van der Waals surface area contributed by atoms with Crippen LogP contribution in [-0.4, -0.2) is 65.4 Å². The number of sulfone groups is 1. The van der Waals surface area contributed by atoms with Crippen LogP contribution in [0.4, 0.5) is 5.69 Å². The lowest BCUT2D eigenvalue weighted by Gasteiger charge is -2.29. The Morgan fingerprint density at radius 3 is 2.38 bits per heavy atom. The molecule has 1 heterocycles. The van der Waals surface area contributed by atoms with Gasteiger partial charge in [-0.25, -0.2) is 8.42 Å². The minimum Gasteiger partial charge on any atom is -0.373 e. The van der Waals surface area contributed by atoms with E-state index in [2.05, 4.69) is 15.1 Å². The lowest BCUT2D eigenvalue weighted by atomic mass is 10.3. The average molecular weight is 311 g/mol. The van der Waals surface area contributed by atoms with E-state index in [9.17, 15) is 8.42 Å². The summed E-state index contributed by atoms with van der Waals surface area (Å²) in [6.45, 7) is 7.97. The van der Waals surface area contributed by atoms with E-state index in [1.807, 2.05) is 19.2 Å². The molecule has 0 aromatic heterocycles. The number of hydrogen-bond acceptors (Lipinski definition) is 5. The van der Waals surface area contributed by atoms with E-state index in [1.165, 1.54) is 0 Å². The van der Waals surface area contributed by atoms with E-state index in [-0.39, 0.29) is 5.75 Å². The van der Waals surface area contributed by atoms with Gasteiger partial charge in [-0.3, -0.25) is 4.90 Å². The van der Waals surface area contributed by atoms with Crippen molar-refractivity contribution in [3.8, 4) is 0 Å². The van der Waals surface area contributed by atoms with E-state index in [4.69, 9.17) is 0 Å². The highest BCUT2D eigenvalue weighted by Crippen LogP contribution is 2.17. The number of anilines is 1. The molecule has 1 N–H and O–H groups in total. The van der Waals surface area contributed by atoms with Gasteiger partial charge in [0, 0.05) is 52.0 Å². The van der Waals surface area contributed by atoms with E-state index in [0.717, 1.165) is 45.0 Å². The molecule has 0 amide bonds. The first-order chi connectivity index (χ1) is 10.0. The first-order valence-corrected chi connectivity index (χ1v) is 9.15. The normalized spacial score (nSPS) is 16.9. The number of likely N-dealkylation sites (N-methyl/N-ethyl adjacent to an activating group) is 1. The summed E-state index contributed by atoms with van der Waals surface area (Å²) in [4.78, 5) is 5.03. The van der Waals surface area contributed by atoms with E-state index >= 15 is 0 Å². The van der Waals surface area contributed by atoms with Crippen molar-refractivity contribution in [2.24, 2.45) is 0 Å². The molecule has 6 heteroatoms. The van der Waals surface area contributed by atoms with Crippen molar-refractivity contribution in [2.45, 2.75) is 11.8 Å². The fraction of sp³-hybridized carbons (Fsp3) is 0.600. The Hall–Kier alpha value is -1.11. The summed E-state index contributed by atoms with van der Waals surface area (Å²) in [5.41, 5.74) is 1.06. The van der Waals surface area contributed by atoms with Crippen LogP contribution in [0.15, 0.2) is 29.2 Å². The second-order valence-electron chi connectivity index (χ2n) is 5.41. The number of piperazine rings is 1. The molecular formula is C15H25N3O2S. The Kier molecular flexibility index (Phi) is 5.61. The van der Waals surface area contributed by atoms with Gasteiger partial charge in [0.1, 0.15) is 0 Å². The zero-order valence-electron chi connectivity index (χ0n) is 12.9. The van der Waals surface area contributed by atoms with E-state index in [1.54, 1.807) is 19.1 Å². The summed E-state index contributed by atoms with van der Waals surface area (Å²) in [5.74, 6) is 0.144. The predicted molar refractivity (Wildman–Crippen MR) is 86.7 cm³/mol. The van der Waals surface area contributed by atoms with E-state index in [0.29, 0.717) is 4.90 Å². The van der Waals surface area contributed by atoms with Crippen molar-refractivity contribution in [3.63, 3.8) is 0 Å². The predicted octanol–water partition coefficient (Wildman–Crippen LogP) is 0.822. The maximum atomic E-state index is 11.8. The van der Waals surface area contributed by atoms with Crippen LogP contribution >= 0.6 is 0 Å². The fourth-order valence-electron chi connectivity index (χ4n) is 2.43. The van der Waals surface area contributed by atoms with Gasteiger partial charge in [-0.2, -0.15) is 0 Å². The second-order valence-corrected chi connectivity index (χ2v) is 7.69. The zero-order valence-corrected chi connectivity index (χ0v) is 13.7. The number of rotatable bonds is 6. The van der Waals surface area contributed by atoms with E-state index < -0.39 is 9.84 Å². The Balaban J connectivity index is 1.91. The summed E-state index contributed by atoms with van der Waals surface area (Å²) in [7, 11) is -1.06. The third-order valence-electron chi connectivity index (χ3n) is 3.98. The molecule has 0 saturated carbocycles. The Labute approximate surface area is 127 Å². The molecule has 0 aliphatic carbocycles. The summed E-state index contributed by atoms with van der Waals surface area (Å²) >= 11 is 0. The smallest absolute Gasteiger partial charge is 0.178 e. The monoisotopic (exact) mass is 311 g/mol. The molecule has 2 rings (SSSR count). The standard InChI is InChI=1S/C15H25N3O2S/c1-3-21(19,20)15-6-4-14(5-7-15)17(2)12-13-18-10-8-16-9-11-18/h4-7,16H,3,8-13H2,1-2H3. The summed E-state index contributed by atoms with van der Waals surface area (Å²) in [6.07, 6.45) is 0. The average Bonchev–Trinajstić information content (AvgIpc) is 2.53. The van der Waals surface area contributed by atoms with Gasteiger partial charge >= 0.3 is 0 Å². The maximum Gasteiger partial charge on any atom is 0.178 e. The molecule has 0 radical (unpaired) electrons. The summed E-state index contributed by atoms with van der Waals surface area (Å²) in [5, 5.41) is 3.35. The summed E-state index contributed by atoms with van der Waals surface area (Å²) in [6, 6.07) is 7.19. The van der Waals surface area contributed by atoms with Gasteiger partial charge in [-0.05, 0) is 24.3 Å². The van der Waals surface area contributed by atoms with Gasteiger partial charge in [0.15, 0.2) is 9.84 Å². The highest BCUT2D eigenvalue weighted by Gasteiger charge is 2.13. The van der Waals surface area contributed by atoms with Crippen molar-refractivity contribution in [1.82, 2.24) is 10.2 Å². The number of benzene rings is 1. The number of hydrogen-bond donors (Lipinski definition) is 1. The molecule has 1 aromatic carbocycles. The fourth-order valence-corrected chi connectivity index (χ4v) is 3.31. The topological polar surface area (TPSA) is 52.7 Å². The molecule has 1 aliphatic rings. The Morgan fingerprint density at radius 1 is 1.19 bits per heavy atom. The SMILES string of the molecule is CCS(=O)(=O)c1ccc(N(C)CCN2CCNCC2)cc1. The van der Waals surface area contributed by atoms with Gasteiger partial charge in [0.2, 0.25) is 0 Å². The lowest BCUT2D eigenvalue weighted by Crippen LogP contribution is -2.46. The van der Waals surface area contributed by atoms with Crippen LogP contribution in [0.25, 0.3) is 0 Å². The highest BCUT2D eigenvalue weighted by atomic mass is 32.2. The Morgan fingerprint density at radius 2 is 1.81 bits per heavy atom. The third kappa shape index (κ3) is 4.43. The molecule has 1 fully saturated rings. The van der Waals surface area contributed by atoms with Crippen molar-refractivity contribution in [2.75, 3.05) is 57.0 Å². The quantitative estimate of drug-likeness (QED) is 0.843. The first kappa shape index (κ1) is 16.3. The van der Waals surface area contributed by atoms with Crippen molar-refractivity contribution in [3.05, 3.63) is 24.3 Å². The van der Waals surface area contributed by atoms with Crippen LogP contribution in [0.5, 0.6) is 0 Å². The largest absolute Gasteiger partial charge is 0.373 e. The minimum atomic E-state index is -3.10. The number of nitrogens with zero attached hydrogens (tertiary/aromatic N) is 2. The first-order valence-electron chi connectivity index (χ1n) is 7.50. The zero-order chi connectivity index (χ0) is 15.3. The van der Waals surface area contributed by atoms with Gasteiger partial charge in [-0.1, -0.05) is 6.92 Å². The second kappa shape index (κ2) is 7.24. The van der Waals surface area contributed by atoms with Crippen molar-refractivity contribution in [1.29, 1.82) is 0 Å². The molecule has 1 aliphatic heterocycles. The molecule has 1 aromatic rings. The van der Waals surface area contributed by atoms with Crippen LogP contribution in [-0.2, 0) is 9.84 Å².